The van der Waals surface area contributed by atoms with Crippen molar-refractivity contribution >= 4 is 17.2 Å². The first-order valence-electron chi connectivity index (χ1n) is 6.82. The predicted molar refractivity (Wildman–Crippen MR) is 83.8 cm³/mol. The lowest BCUT2D eigenvalue weighted by Gasteiger charge is -2.17. The normalized spacial score (nSPS) is 13.6. The average molecular weight is 305 g/mol. The quantitative estimate of drug-likeness (QED) is 0.744. The lowest BCUT2D eigenvalue weighted by Crippen LogP contribution is -2.36. The van der Waals surface area contributed by atoms with Gasteiger partial charge >= 0.3 is 0 Å². The van der Waals surface area contributed by atoms with Gasteiger partial charge in [-0.3, -0.25) is 4.79 Å². The molecule has 0 unspecified atom stereocenters. The lowest BCUT2D eigenvalue weighted by atomic mass is 10.0. The molecule has 1 amide bonds. The summed E-state index contributed by atoms with van der Waals surface area (Å²) < 4.78 is 0. The predicted octanol–water partition coefficient (Wildman–Crippen LogP) is 3.01. The van der Waals surface area contributed by atoms with Gasteiger partial charge in [-0.25, -0.2) is 0 Å². The van der Waals surface area contributed by atoms with Gasteiger partial charge in [0.1, 0.15) is 0 Å². The van der Waals surface area contributed by atoms with Crippen molar-refractivity contribution in [3.8, 4) is 11.5 Å². The number of nitrogens with one attached hydrogen (secondary N) is 1. The Morgan fingerprint density at radius 2 is 2.00 bits per heavy atom. The van der Waals surface area contributed by atoms with Gasteiger partial charge in [-0.05, 0) is 49.4 Å². The van der Waals surface area contributed by atoms with Crippen LogP contribution in [0.15, 0.2) is 35.7 Å². The third-order valence-corrected chi connectivity index (χ3v) is 4.39. The number of thiophene rings is 1. The van der Waals surface area contributed by atoms with E-state index in [9.17, 15) is 15.0 Å². The van der Waals surface area contributed by atoms with Gasteiger partial charge in [0.2, 0.25) is 5.91 Å². The number of carbonyl (C=O) groups excluding carboxylic acids is 1. The number of phenols is 2. The van der Waals surface area contributed by atoms with Crippen LogP contribution >= 0.6 is 11.3 Å². The maximum atomic E-state index is 12.2. The van der Waals surface area contributed by atoms with Gasteiger partial charge < -0.3 is 15.5 Å². The number of hydrogen-bond donors (Lipinski definition) is 3. The highest BCUT2D eigenvalue weighted by Crippen LogP contribution is 2.25. The van der Waals surface area contributed by atoms with E-state index in [1.54, 1.807) is 17.4 Å². The maximum Gasteiger partial charge on any atom is 0.228 e. The summed E-state index contributed by atoms with van der Waals surface area (Å²) in [6.45, 7) is 3.81. The Morgan fingerprint density at radius 1 is 1.24 bits per heavy atom. The second-order valence-corrected chi connectivity index (χ2v) is 6.15. The minimum Gasteiger partial charge on any atom is -0.504 e. The highest BCUT2D eigenvalue weighted by Gasteiger charge is 2.18. The summed E-state index contributed by atoms with van der Waals surface area (Å²) in [4.78, 5) is 13.2. The SMILES string of the molecule is C[C@@H](Cc1ccc(O)c(O)c1)NC(=O)[C@H](C)c1cccs1. The molecule has 1 aromatic carbocycles. The molecule has 0 spiro atoms. The molecule has 0 radical (unpaired) electrons. The molecule has 1 aromatic heterocycles. The molecule has 0 aliphatic carbocycles. The Bertz CT molecular complexity index is 610. The molecule has 0 bridgehead atoms. The summed E-state index contributed by atoms with van der Waals surface area (Å²) in [6.07, 6.45) is 0.594. The summed E-state index contributed by atoms with van der Waals surface area (Å²) in [5.74, 6) is -0.451. The standard InChI is InChI=1S/C16H19NO3S/c1-10(8-12-5-6-13(18)14(19)9-12)17-16(20)11(2)15-4-3-7-21-15/h3-7,9-11,18-19H,8H2,1-2H3,(H,17,20)/t10-,11+/m0/s1. The Balaban J connectivity index is 1.93. The second-order valence-electron chi connectivity index (χ2n) is 5.17. The molecule has 2 aromatic rings. The van der Waals surface area contributed by atoms with Crippen molar-refractivity contribution in [1.29, 1.82) is 0 Å². The van der Waals surface area contributed by atoms with Crippen molar-refractivity contribution in [3.63, 3.8) is 0 Å². The largest absolute Gasteiger partial charge is 0.504 e. The number of hydrogen-bond acceptors (Lipinski definition) is 4. The molecule has 1 heterocycles. The fourth-order valence-electron chi connectivity index (χ4n) is 2.14. The fourth-order valence-corrected chi connectivity index (χ4v) is 2.92. The average Bonchev–Trinajstić information content (AvgIpc) is 2.96. The van der Waals surface area contributed by atoms with Gasteiger partial charge in [-0.1, -0.05) is 12.1 Å². The van der Waals surface area contributed by atoms with Crippen molar-refractivity contribution in [2.75, 3.05) is 0 Å². The summed E-state index contributed by atoms with van der Waals surface area (Å²) in [5.41, 5.74) is 0.863. The molecule has 112 valence electrons. The van der Waals surface area contributed by atoms with E-state index in [4.69, 9.17) is 0 Å². The topological polar surface area (TPSA) is 69.6 Å². The van der Waals surface area contributed by atoms with E-state index >= 15 is 0 Å². The molecule has 4 nitrogen and oxygen atoms in total. The van der Waals surface area contributed by atoms with Crippen LogP contribution in [0.5, 0.6) is 11.5 Å². The van der Waals surface area contributed by atoms with Crippen molar-refractivity contribution in [3.05, 3.63) is 46.2 Å². The van der Waals surface area contributed by atoms with Crippen LogP contribution in [-0.2, 0) is 11.2 Å². The Labute approximate surface area is 128 Å². The van der Waals surface area contributed by atoms with Crippen LogP contribution in [0, 0.1) is 0 Å². The van der Waals surface area contributed by atoms with Crippen LogP contribution in [0.4, 0.5) is 0 Å². The number of carbonyl (C=O) groups is 1. The highest BCUT2D eigenvalue weighted by molar-refractivity contribution is 7.10. The third kappa shape index (κ3) is 3.98. The van der Waals surface area contributed by atoms with Crippen LogP contribution in [0.25, 0.3) is 0 Å². The first-order valence-corrected chi connectivity index (χ1v) is 7.70. The molecule has 3 N–H and O–H groups in total. The van der Waals surface area contributed by atoms with Crippen molar-refractivity contribution in [2.45, 2.75) is 32.2 Å². The fraction of sp³-hybridized carbons (Fsp3) is 0.312. The minimum atomic E-state index is -0.166. The zero-order chi connectivity index (χ0) is 15.4. The van der Waals surface area contributed by atoms with Crippen LogP contribution in [-0.4, -0.2) is 22.2 Å². The zero-order valence-corrected chi connectivity index (χ0v) is 12.9. The minimum absolute atomic E-state index is 0.00653. The van der Waals surface area contributed by atoms with Gasteiger partial charge in [-0.15, -0.1) is 11.3 Å². The maximum absolute atomic E-state index is 12.2. The van der Waals surface area contributed by atoms with E-state index in [1.165, 1.54) is 12.1 Å². The monoisotopic (exact) mass is 305 g/mol. The Hall–Kier alpha value is -2.01. The summed E-state index contributed by atoms with van der Waals surface area (Å²) in [7, 11) is 0. The summed E-state index contributed by atoms with van der Waals surface area (Å²) >= 11 is 1.57. The molecule has 0 aliphatic rings. The third-order valence-electron chi connectivity index (χ3n) is 3.33. The first-order chi connectivity index (χ1) is 9.97. The molecule has 2 atom stereocenters. The molecule has 0 fully saturated rings. The van der Waals surface area contributed by atoms with E-state index in [1.807, 2.05) is 31.4 Å². The van der Waals surface area contributed by atoms with Crippen molar-refractivity contribution < 1.29 is 15.0 Å². The van der Waals surface area contributed by atoms with Crippen molar-refractivity contribution in [1.82, 2.24) is 5.32 Å². The zero-order valence-electron chi connectivity index (χ0n) is 12.0. The van der Waals surface area contributed by atoms with Gasteiger partial charge in [0.05, 0.1) is 5.92 Å². The second kappa shape index (κ2) is 6.63. The van der Waals surface area contributed by atoms with E-state index in [-0.39, 0.29) is 29.4 Å². The Morgan fingerprint density at radius 3 is 2.62 bits per heavy atom. The molecule has 0 saturated heterocycles. The number of benzene rings is 1. The van der Waals surface area contributed by atoms with Crippen LogP contribution in [0.3, 0.4) is 0 Å². The number of amides is 1. The van der Waals surface area contributed by atoms with Crippen molar-refractivity contribution in [2.24, 2.45) is 0 Å². The molecule has 5 heteroatoms. The molecule has 0 aliphatic heterocycles. The Kier molecular flexibility index (Phi) is 4.85. The lowest BCUT2D eigenvalue weighted by molar-refractivity contribution is -0.122. The molecule has 0 saturated carbocycles. The van der Waals surface area contributed by atoms with Gasteiger partial charge in [0.15, 0.2) is 11.5 Å². The molecule has 21 heavy (non-hydrogen) atoms. The van der Waals surface area contributed by atoms with Crippen LogP contribution < -0.4 is 5.32 Å². The number of rotatable bonds is 5. The van der Waals surface area contributed by atoms with E-state index in [0.717, 1.165) is 10.4 Å². The van der Waals surface area contributed by atoms with Gasteiger partial charge in [0, 0.05) is 10.9 Å². The highest BCUT2D eigenvalue weighted by atomic mass is 32.1. The van der Waals surface area contributed by atoms with Crippen LogP contribution in [0.2, 0.25) is 0 Å². The summed E-state index contributed by atoms with van der Waals surface area (Å²) in [5, 5.41) is 23.7. The van der Waals surface area contributed by atoms with Gasteiger partial charge in [-0.2, -0.15) is 0 Å². The molecular weight excluding hydrogens is 286 g/mol. The van der Waals surface area contributed by atoms with E-state index in [0.29, 0.717) is 6.42 Å². The summed E-state index contributed by atoms with van der Waals surface area (Å²) in [6, 6.07) is 8.54. The van der Waals surface area contributed by atoms with Crippen LogP contribution in [0.1, 0.15) is 30.2 Å². The molecule has 2 rings (SSSR count). The van der Waals surface area contributed by atoms with E-state index in [2.05, 4.69) is 5.32 Å². The number of aromatic hydroxyl groups is 2. The van der Waals surface area contributed by atoms with E-state index < -0.39 is 0 Å². The first kappa shape index (κ1) is 15.4. The van der Waals surface area contributed by atoms with Gasteiger partial charge in [0.25, 0.3) is 0 Å². The number of phenolic OH excluding ortho intramolecular Hbond substituents is 2. The molecular formula is C16H19NO3S. The smallest absolute Gasteiger partial charge is 0.228 e.